The van der Waals surface area contributed by atoms with Crippen molar-refractivity contribution in [3.8, 4) is 0 Å². The Morgan fingerprint density at radius 1 is 1.36 bits per heavy atom. The molecule has 1 aromatic carbocycles. The lowest BCUT2D eigenvalue weighted by Gasteiger charge is -2.04. The van der Waals surface area contributed by atoms with Crippen LogP contribution in [0.3, 0.4) is 0 Å². The molecule has 0 unspecified atom stereocenters. The molecular weight excluding hydrogens is 202 g/mol. The van der Waals surface area contributed by atoms with Gasteiger partial charge in [-0.25, -0.2) is 0 Å². The van der Waals surface area contributed by atoms with Crippen molar-refractivity contribution >= 4 is 28.2 Å². The third-order valence-electron chi connectivity index (χ3n) is 1.96. The minimum Gasteiger partial charge on any atom is -0.323 e. The molecule has 0 saturated heterocycles. The molecule has 0 aliphatic carbocycles. The van der Waals surface area contributed by atoms with Crippen LogP contribution in [0.2, 0.25) is 5.02 Å². The number of H-pyrrole nitrogens is 1. The van der Waals surface area contributed by atoms with E-state index in [-0.39, 0.29) is 5.56 Å². The summed E-state index contributed by atoms with van der Waals surface area (Å²) in [5.41, 5.74) is 3.50. The van der Waals surface area contributed by atoms with E-state index in [0.717, 1.165) is 5.39 Å². The van der Waals surface area contributed by atoms with Crippen LogP contribution in [0.4, 0.5) is 5.69 Å². The largest absolute Gasteiger partial charge is 0.323 e. The molecule has 0 aliphatic rings. The summed E-state index contributed by atoms with van der Waals surface area (Å²) in [6.45, 7) is 0. The van der Waals surface area contributed by atoms with E-state index >= 15 is 0 Å². The van der Waals surface area contributed by atoms with E-state index in [0.29, 0.717) is 16.2 Å². The number of aromatic amines is 1. The normalized spacial score (nSPS) is 10.4. The van der Waals surface area contributed by atoms with Gasteiger partial charge in [-0.05, 0) is 18.2 Å². The van der Waals surface area contributed by atoms with E-state index in [1.807, 2.05) is 0 Å². The van der Waals surface area contributed by atoms with E-state index < -0.39 is 0 Å². The molecular formula is C9H8ClN3O. The van der Waals surface area contributed by atoms with Gasteiger partial charge < -0.3 is 10.4 Å². The Kier molecular flexibility index (Phi) is 2.15. The highest BCUT2D eigenvalue weighted by Gasteiger charge is 2.01. The second-order valence-corrected chi connectivity index (χ2v) is 3.32. The van der Waals surface area contributed by atoms with Gasteiger partial charge in [0.15, 0.2) is 0 Å². The molecule has 1 heterocycles. The minimum absolute atomic E-state index is 0.215. The van der Waals surface area contributed by atoms with E-state index in [1.54, 1.807) is 18.2 Å². The summed E-state index contributed by atoms with van der Waals surface area (Å²) in [4.78, 5) is 13.8. The molecule has 14 heavy (non-hydrogen) atoms. The van der Waals surface area contributed by atoms with Crippen LogP contribution in [-0.2, 0) is 0 Å². The molecule has 1 aromatic heterocycles. The van der Waals surface area contributed by atoms with Crippen LogP contribution >= 0.6 is 11.6 Å². The molecule has 0 aliphatic heterocycles. The molecule has 72 valence electrons. The van der Waals surface area contributed by atoms with Crippen molar-refractivity contribution in [2.45, 2.75) is 0 Å². The maximum Gasteiger partial charge on any atom is 0.250 e. The number of anilines is 1. The zero-order valence-corrected chi connectivity index (χ0v) is 7.93. The average Bonchev–Trinajstić information content (AvgIpc) is 2.15. The lowest BCUT2D eigenvalue weighted by Crippen LogP contribution is -2.12. The van der Waals surface area contributed by atoms with Crippen LogP contribution in [0.25, 0.3) is 10.9 Å². The summed E-state index contributed by atoms with van der Waals surface area (Å²) < 4.78 is 0. The fourth-order valence-corrected chi connectivity index (χ4v) is 1.52. The van der Waals surface area contributed by atoms with Crippen molar-refractivity contribution in [3.05, 3.63) is 39.6 Å². The van der Waals surface area contributed by atoms with Gasteiger partial charge >= 0.3 is 0 Å². The molecule has 2 aromatic rings. The highest BCUT2D eigenvalue weighted by molar-refractivity contribution is 6.31. The number of hydrogen-bond donors (Lipinski definition) is 3. The molecule has 0 amide bonds. The maximum absolute atomic E-state index is 11.2. The van der Waals surface area contributed by atoms with E-state index in [1.165, 1.54) is 6.07 Å². The number of hydrogen-bond acceptors (Lipinski definition) is 3. The summed E-state index contributed by atoms with van der Waals surface area (Å²) >= 11 is 5.79. The number of pyridine rings is 1. The molecule has 2 rings (SSSR count). The fourth-order valence-electron chi connectivity index (χ4n) is 1.35. The van der Waals surface area contributed by atoms with Gasteiger partial charge in [0.05, 0.1) is 11.2 Å². The van der Waals surface area contributed by atoms with Gasteiger partial charge in [-0.3, -0.25) is 10.6 Å². The third kappa shape index (κ3) is 1.45. The summed E-state index contributed by atoms with van der Waals surface area (Å²) in [6, 6.07) is 6.61. The number of fused-ring (bicyclic) bond motifs is 1. The third-order valence-corrected chi connectivity index (χ3v) is 2.20. The fraction of sp³-hybridized carbons (Fsp3) is 0. The van der Waals surface area contributed by atoms with Crippen LogP contribution in [0.15, 0.2) is 29.1 Å². The first-order valence-electron chi connectivity index (χ1n) is 4.00. The van der Waals surface area contributed by atoms with Crippen molar-refractivity contribution in [1.29, 1.82) is 0 Å². The summed E-state index contributed by atoms with van der Waals surface area (Å²) in [5.74, 6) is 5.29. The van der Waals surface area contributed by atoms with E-state index in [9.17, 15) is 4.79 Å². The molecule has 4 nitrogen and oxygen atoms in total. The van der Waals surface area contributed by atoms with Gasteiger partial charge in [0, 0.05) is 16.5 Å². The van der Waals surface area contributed by atoms with Crippen molar-refractivity contribution in [2.75, 3.05) is 5.43 Å². The first-order valence-corrected chi connectivity index (χ1v) is 4.38. The number of hydrazine groups is 1. The quantitative estimate of drug-likeness (QED) is 0.492. The Morgan fingerprint density at radius 3 is 2.86 bits per heavy atom. The van der Waals surface area contributed by atoms with Crippen LogP contribution in [0, 0.1) is 0 Å². The molecule has 0 bridgehead atoms. The van der Waals surface area contributed by atoms with Crippen molar-refractivity contribution < 1.29 is 0 Å². The predicted octanol–water partition coefficient (Wildman–Crippen LogP) is 1.47. The lowest BCUT2D eigenvalue weighted by atomic mass is 10.2. The second kappa shape index (κ2) is 3.32. The van der Waals surface area contributed by atoms with Gasteiger partial charge in [0.2, 0.25) is 0 Å². The monoisotopic (exact) mass is 209 g/mol. The molecule has 0 atom stereocenters. The van der Waals surface area contributed by atoms with Crippen LogP contribution in [0.1, 0.15) is 0 Å². The van der Waals surface area contributed by atoms with Gasteiger partial charge in [0.25, 0.3) is 5.56 Å². The molecule has 4 N–H and O–H groups in total. The van der Waals surface area contributed by atoms with E-state index in [2.05, 4.69) is 10.4 Å². The second-order valence-electron chi connectivity index (χ2n) is 2.88. The standard InChI is InChI=1S/C9H8ClN3O/c10-5-1-2-6-7(3-5)12-9(14)4-8(6)13-11/h1-4H,11H2,(H2,12,13,14). The Labute approximate surface area is 84.7 Å². The van der Waals surface area contributed by atoms with Crippen LogP contribution in [-0.4, -0.2) is 4.98 Å². The van der Waals surface area contributed by atoms with Crippen molar-refractivity contribution in [3.63, 3.8) is 0 Å². The molecule has 0 fully saturated rings. The summed E-state index contributed by atoms with van der Waals surface area (Å²) in [6.07, 6.45) is 0. The van der Waals surface area contributed by atoms with Gasteiger partial charge in [-0.2, -0.15) is 0 Å². The SMILES string of the molecule is NNc1cc(=O)[nH]c2cc(Cl)ccc12. The maximum atomic E-state index is 11.2. The Hall–Kier alpha value is -1.52. The Balaban J connectivity index is 2.87. The van der Waals surface area contributed by atoms with E-state index in [4.69, 9.17) is 17.4 Å². The van der Waals surface area contributed by atoms with Crippen molar-refractivity contribution in [1.82, 2.24) is 4.98 Å². The zero-order valence-electron chi connectivity index (χ0n) is 7.17. The van der Waals surface area contributed by atoms with Crippen molar-refractivity contribution in [2.24, 2.45) is 5.84 Å². The first kappa shape index (κ1) is 9.05. The highest BCUT2D eigenvalue weighted by Crippen LogP contribution is 2.21. The smallest absolute Gasteiger partial charge is 0.250 e. The molecule has 5 heteroatoms. The lowest BCUT2D eigenvalue weighted by molar-refractivity contribution is 1.28. The topological polar surface area (TPSA) is 70.9 Å². The molecule has 0 saturated carbocycles. The highest BCUT2D eigenvalue weighted by atomic mass is 35.5. The number of rotatable bonds is 1. The van der Waals surface area contributed by atoms with Gasteiger partial charge in [0.1, 0.15) is 0 Å². The molecule has 0 radical (unpaired) electrons. The number of nitrogens with one attached hydrogen (secondary N) is 2. The minimum atomic E-state index is -0.215. The summed E-state index contributed by atoms with van der Waals surface area (Å²) in [5, 5.41) is 1.40. The number of nitrogens with two attached hydrogens (primary N) is 1. The molecule has 0 spiro atoms. The first-order chi connectivity index (χ1) is 6.70. The number of benzene rings is 1. The van der Waals surface area contributed by atoms with Crippen LogP contribution in [0.5, 0.6) is 0 Å². The average molecular weight is 210 g/mol. The zero-order chi connectivity index (χ0) is 10.1. The number of halogens is 1. The predicted molar refractivity (Wildman–Crippen MR) is 57.4 cm³/mol. The Morgan fingerprint density at radius 2 is 2.14 bits per heavy atom. The Bertz CT molecular complexity index is 535. The van der Waals surface area contributed by atoms with Gasteiger partial charge in [-0.1, -0.05) is 11.6 Å². The number of aromatic nitrogens is 1. The van der Waals surface area contributed by atoms with Gasteiger partial charge in [-0.15, -0.1) is 0 Å². The number of nitrogen functional groups attached to an aromatic ring is 1. The summed E-state index contributed by atoms with van der Waals surface area (Å²) in [7, 11) is 0. The van der Waals surface area contributed by atoms with Crippen LogP contribution < -0.4 is 16.8 Å².